The van der Waals surface area contributed by atoms with E-state index < -0.39 is 11.9 Å². The first-order chi connectivity index (χ1) is 9.83. The summed E-state index contributed by atoms with van der Waals surface area (Å²) in [6, 6.07) is 0. The Morgan fingerprint density at radius 1 is 1.33 bits per heavy atom. The van der Waals surface area contributed by atoms with E-state index in [0.29, 0.717) is 17.5 Å². The van der Waals surface area contributed by atoms with Crippen LogP contribution in [0.1, 0.15) is 47.7 Å². The SMILES string of the molecule is CCOC(=O)c1sc(N(CC)CC(C)C)c(C(N)=O)c1N. The van der Waals surface area contributed by atoms with Gasteiger partial charge in [-0.3, -0.25) is 4.79 Å². The summed E-state index contributed by atoms with van der Waals surface area (Å²) in [5, 5.41) is 0.638. The zero-order valence-electron chi connectivity index (χ0n) is 12.9. The second-order valence-corrected chi connectivity index (χ2v) is 6.04. The Labute approximate surface area is 129 Å². The van der Waals surface area contributed by atoms with Crippen molar-refractivity contribution in [3.8, 4) is 0 Å². The monoisotopic (exact) mass is 313 g/mol. The molecule has 1 rings (SSSR count). The molecule has 0 bridgehead atoms. The van der Waals surface area contributed by atoms with Crippen molar-refractivity contribution in [2.45, 2.75) is 27.7 Å². The van der Waals surface area contributed by atoms with Crippen LogP contribution < -0.4 is 16.4 Å². The van der Waals surface area contributed by atoms with Crippen molar-refractivity contribution in [1.82, 2.24) is 0 Å². The maximum absolute atomic E-state index is 11.9. The maximum atomic E-state index is 11.9. The molecular formula is C14H23N3O3S. The highest BCUT2D eigenvalue weighted by atomic mass is 32.1. The van der Waals surface area contributed by atoms with Gasteiger partial charge < -0.3 is 21.1 Å². The van der Waals surface area contributed by atoms with E-state index in [1.165, 1.54) is 0 Å². The van der Waals surface area contributed by atoms with Crippen molar-refractivity contribution in [3.05, 3.63) is 10.4 Å². The molecule has 0 spiro atoms. The Hall–Kier alpha value is -1.76. The van der Waals surface area contributed by atoms with Crippen LogP contribution in [0.2, 0.25) is 0 Å². The quantitative estimate of drug-likeness (QED) is 0.751. The van der Waals surface area contributed by atoms with E-state index in [0.717, 1.165) is 17.9 Å². The van der Waals surface area contributed by atoms with Crippen LogP contribution in [0.5, 0.6) is 0 Å². The normalized spacial score (nSPS) is 10.7. The molecule has 118 valence electrons. The summed E-state index contributed by atoms with van der Waals surface area (Å²) in [6.07, 6.45) is 0. The van der Waals surface area contributed by atoms with E-state index in [2.05, 4.69) is 13.8 Å². The Morgan fingerprint density at radius 3 is 2.38 bits per heavy atom. The van der Waals surface area contributed by atoms with Crippen LogP contribution in [0.3, 0.4) is 0 Å². The topological polar surface area (TPSA) is 98.6 Å². The minimum Gasteiger partial charge on any atom is -0.462 e. The van der Waals surface area contributed by atoms with Gasteiger partial charge in [-0.15, -0.1) is 11.3 Å². The first-order valence-corrected chi connectivity index (χ1v) is 7.79. The molecule has 1 heterocycles. The molecule has 4 N–H and O–H groups in total. The van der Waals surface area contributed by atoms with Gasteiger partial charge in [0.25, 0.3) is 5.91 Å². The molecule has 1 amide bonds. The summed E-state index contributed by atoms with van der Waals surface area (Å²) in [6.45, 7) is 9.55. The third-order valence-electron chi connectivity index (χ3n) is 2.89. The number of nitrogens with zero attached hydrogens (tertiary/aromatic N) is 1. The molecule has 0 unspecified atom stereocenters. The fourth-order valence-corrected chi connectivity index (χ4v) is 3.23. The third kappa shape index (κ3) is 3.87. The van der Waals surface area contributed by atoms with Crippen LogP contribution in [-0.2, 0) is 4.74 Å². The van der Waals surface area contributed by atoms with E-state index in [1.54, 1.807) is 6.92 Å². The van der Waals surface area contributed by atoms with Crippen molar-refractivity contribution in [2.75, 3.05) is 30.3 Å². The first kappa shape index (κ1) is 17.3. The summed E-state index contributed by atoms with van der Waals surface area (Å²) >= 11 is 1.16. The third-order valence-corrected chi connectivity index (χ3v) is 4.13. The Kier molecular flexibility index (Phi) is 6.02. The predicted octanol–water partition coefficient (Wildman–Crippen LogP) is 2.09. The molecule has 6 nitrogen and oxygen atoms in total. The molecule has 0 aliphatic rings. The summed E-state index contributed by atoms with van der Waals surface area (Å²) in [5.74, 6) is -0.745. The van der Waals surface area contributed by atoms with Gasteiger partial charge in [0.1, 0.15) is 9.88 Å². The number of hydrogen-bond acceptors (Lipinski definition) is 6. The highest BCUT2D eigenvalue weighted by Gasteiger charge is 2.27. The second-order valence-electron chi connectivity index (χ2n) is 5.04. The molecule has 0 aromatic carbocycles. The molecule has 1 aromatic rings. The zero-order valence-corrected chi connectivity index (χ0v) is 13.8. The average Bonchev–Trinajstić information content (AvgIpc) is 2.73. The molecular weight excluding hydrogens is 290 g/mol. The number of rotatable bonds is 7. The van der Waals surface area contributed by atoms with Gasteiger partial charge in [0.2, 0.25) is 0 Å². The van der Waals surface area contributed by atoms with Crippen molar-refractivity contribution in [1.29, 1.82) is 0 Å². The van der Waals surface area contributed by atoms with Gasteiger partial charge in [0.05, 0.1) is 17.9 Å². The van der Waals surface area contributed by atoms with Gasteiger partial charge in [0, 0.05) is 13.1 Å². The van der Waals surface area contributed by atoms with Gasteiger partial charge in [-0.25, -0.2) is 4.79 Å². The smallest absolute Gasteiger partial charge is 0.350 e. The highest BCUT2D eigenvalue weighted by molar-refractivity contribution is 7.19. The number of thiophene rings is 1. The zero-order chi connectivity index (χ0) is 16.2. The summed E-state index contributed by atoms with van der Waals surface area (Å²) in [5.41, 5.74) is 11.7. The van der Waals surface area contributed by atoms with Crippen LogP contribution in [0.25, 0.3) is 0 Å². The molecule has 0 saturated carbocycles. The van der Waals surface area contributed by atoms with Gasteiger partial charge in [-0.1, -0.05) is 13.8 Å². The van der Waals surface area contributed by atoms with Crippen molar-refractivity contribution >= 4 is 33.9 Å². The summed E-state index contributed by atoms with van der Waals surface area (Å²) in [4.78, 5) is 25.9. The van der Waals surface area contributed by atoms with Crippen molar-refractivity contribution in [3.63, 3.8) is 0 Å². The van der Waals surface area contributed by atoms with Gasteiger partial charge in [-0.2, -0.15) is 0 Å². The lowest BCUT2D eigenvalue weighted by Gasteiger charge is -2.24. The number of primary amides is 1. The molecule has 21 heavy (non-hydrogen) atoms. The minimum absolute atomic E-state index is 0.114. The number of anilines is 2. The van der Waals surface area contributed by atoms with Crippen molar-refractivity contribution in [2.24, 2.45) is 11.7 Å². The first-order valence-electron chi connectivity index (χ1n) is 6.97. The highest BCUT2D eigenvalue weighted by Crippen LogP contribution is 2.38. The predicted molar refractivity (Wildman–Crippen MR) is 85.9 cm³/mol. The summed E-state index contributed by atoms with van der Waals surface area (Å²) < 4.78 is 4.97. The molecule has 0 aliphatic heterocycles. The molecule has 0 aliphatic carbocycles. The van der Waals surface area contributed by atoms with E-state index in [-0.39, 0.29) is 22.7 Å². The standard InChI is InChI=1S/C14H23N3O3S/c1-5-17(7-8(3)4)13-9(12(16)18)10(15)11(21-13)14(19)20-6-2/h8H,5-7,15H2,1-4H3,(H2,16,18). The van der Waals surface area contributed by atoms with Crippen LogP contribution in [0, 0.1) is 5.92 Å². The molecule has 0 atom stereocenters. The van der Waals surface area contributed by atoms with E-state index in [1.807, 2.05) is 11.8 Å². The maximum Gasteiger partial charge on any atom is 0.350 e. The number of nitrogen functional groups attached to an aromatic ring is 1. The largest absolute Gasteiger partial charge is 0.462 e. The van der Waals surface area contributed by atoms with Gasteiger partial charge in [-0.05, 0) is 19.8 Å². The van der Waals surface area contributed by atoms with Crippen LogP contribution in [0.4, 0.5) is 10.7 Å². The summed E-state index contributed by atoms with van der Waals surface area (Å²) in [7, 11) is 0. The Morgan fingerprint density at radius 2 is 1.95 bits per heavy atom. The second kappa shape index (κ2) is 7.31. The molecule has 1 aromatic heterocycles. The number of hydrogen-bond donors (Lipinski definition) is 2. The fourth-order valence-electron chi connectivity index (χ4n) is 2.04. The van der Waals surface area contributed by atoms with E-state index >= 15 is 0 Å². The number of esters is 1. The average molecular weight is 313 g/mol. The Bertz CT molecular complexity index is 526. The minimum atomic E-state index is -0.628. The molecule has 7 heteroatoms. The molecule has 0 saturated heterocycles. The lowest BCUT2D eigenvalue weighted by atomic mass is 10.1. The Balaban J connectivity index is 3.33. The number of amides is 1. The van der Waals surface area contributed by atoms with E-state index in [4.69, 9.17) is 16.2 Å². The van der Waals surface area contributed by atoms with Crippen LogP contribution in [-0.4, -0.2) is 31.6 Å². The molecule has 0 radical (unpaired) electrons. The number of carbonyl (C=O) groups is 2. The number of nitrogens with two attached hydrogens (primary N) is 2. The van der Waals surface area contributed by atoms with Gasteiger partial charge in [0.15, 0.2) is 0 Å². The number of carbonyl (C=O) groups excluding carboxylic acids is 2. The number of ether oxygens (including phenoxy) is 1. The van der Waals surface area contributed by atoms with E-state index in [9.17, 15) is 9.59 Å². The lowest BCUT2D eigenvalue weighted by molar-refractivity contribution is 0.0533. The molecule has 0 fully saturated rings. The van der Waals surface area contributed by atoms with Crippen LogP contribution in [0.15, 0.2) is 0 Å². The fraction of sp³-hybridized carbons (Fsp3) is 0.571. The van der Waals surface area contributed by atoms with Crippen LogP contribution >= 0.6 is 11.3 Å². The van der Waals surface area contributed by atoms with Crippen molar-refractivity contribution < 1.29 is 14.3 Å². The lowest BCUT2D eigenvalue weighted by Crippen LogP contribution is -2.28. The van der Waals surface area contributed by atoms with Gasteiger partial charge >= 0.3 is 5.97 Å².